The van der Waals surface area contributed by atoms with Gasteiger partial charge < -0.3 is 5.11 Å². The third kappa shape index (κ3) is 1.95. The largest absolute Gasteiger partial charge is 0.529 e. The van der Waals surface area contributed by atoms with E-state index in [4.69, 9.17) is 0 Å². The Morgan fingerprint density at radius 3 is 2.32 bits per heavy atom. The van der Waals surface area contributed by atoms with E-state index in [0.29, 0.717) is 12.8 Å². The molecule has 0 spiro atoms. The van der Waals surface area contributed by atoms with Crippen LogP contribution in [0.1, 0.15) is 25.3 Å². The van der Waals surface area contributed by atoms with Crippen LogP contribution in [0.3, 0.4) is 0 Å². The van der Waals surface area contributed by atoms with Gasteiger partial charge in [0.25, 0.3) is 0 Å². The molecule has 1 aromatic carbocycles. The maximum atomic E-state index is 12.7. The quantitative estimate of drug-likeness (QED) is 0.846. The molecule has 2 rings (SSSR count). The number of amides is 1. The van der Waals surface area contributed by atoms with Crippen molar-refractivity contribution in [2.24, 2.45) is 0 Å². The molecule has 0 aromatic heterocycles. The van der Waals surface area contributed by atoms with Gasteiger partial charge in [0, 0.05) is 12.8 Å². The summed E-state index contributed by atoms with van der Waals surface area (Å²) in [6, 6.07) is 5.92. The van der Waals surface area contributed by atoms with E-state index >= 15 is 0 Å². The SMILES string of the molecule is Cc1ccc(S(=O)(=O)[N+]2(C(=O)O)CCC[C@H]2C)cc1. The molecule has 1 unspecified atom stereocenters. The summed E-state index contributed by atoms with van der Waals surface area (Å²) < 4.78 is 24.5. The highest BCUT2D eigenvalue weighted by Crippen LogP contribution is 2.35. The first-order valence-electron chi connectivity index (χ1n) is 6.25. The van der Waals surface area contributed by atoms with Gasteiger partial charge in [-0.05, 0) is 26.0 Å². The number of quaternary nitrogens is 1. The van der Waals surface area contributed by atoms with E-state index < -0.39 is 26.0 Å². The minimum atomic E-state index is -3.93. The Hall–Kier alpha value is -1.40. The van der Waals surface area contributed by atoms with E-state index in [1.54, 1.807) is 19.1 Å². The zero-order valence-electron chi connectivity index (χ0n) is 11.0. The maximum absolute atomic E-state index is 12.7. The molecule has 19 heavy (non-hydrogen) atoms. The number of hydrogen-bond donors (Lipinski definition) is 1. The van der Waals surface area contributed by atoms with Gasteiger partial charge >= 0.3 is 16.1 Å². The predicted molar refractivity (Wildman–Crippen MR) is 70.2 cm³/mol. The number of carbonyl (C=O) groups is 1. The summed E-state index contributed by atoms with van der Waals surface area (Å²) >= 11 is 0. The average molecular weight is 284 g/mol. The second-order valence-electron chi connectivity index (χ2n) is 5.08. The highest BCUT2D eigenvalue weighted by Gasteiger charge is 2.57. The van der Waals surface area contributed by atoms with Crippen molar-refractivity contribution in [2.75, 3.05) is 6.54 Å². The van der Waals surface area contributed by atoms with Gasteiger partial charge in [-0.15, -0.1) is 3.89 Å². The van der Waals surface area contributed by atoms with Crippen molar-refractivity contribution in [3.05, 3.63) is 29.8 Å². The lowest BCUT2D eigenvalue weighted by atomic mass is 10.2. The summed E-state index contributed by atoms with van der Waals surface area (Å²) in [5.41, 5.74) is 0.940. The number of likely N-dealkylation sites (tertiary alicyclic amines) is 1. The molecule has 1 heterocycles. The van der Waals surface area contributed by atoms with Gasteiger partial charge in [-0.1, -0.05) is 17.7 Å². The van der Waals surface area contributed by atoms with Crippen molar-refractivity contribution in [2.45, 2.75) is 37.6 Å². The molecule has 0 saturated carbocycles. The van der Waals surface area contributed by atoms with Crippen LogP contribution >= 0.6 is 0 Å². The van der Waals surface area contributed by atoms with Gasteiger partial charge in [0.15, 0.2) is 0 Å². The number of rotatable bonds is 2. The monoisotopic (exact) mass is 284 g/mol. The fraction of sp³-hybridized carbons (Fsp3) is 0.462. The molecule has 6 heteroatoms. The van der Waals surface area contributed by atoms with Crippen molar-refractivity contribution in [1.82, 2.24) is 0 Å². The number of carboxylic acid groups (broad SMARTS) is 1. The third-order valence-electron chi connectivity index (χ3n) is 3.90. The first-order valence-corrected chi connectivity index (χ1v) is 7.69. The fourth-order valence-corrected chi connectivity index (χ4v) is 4.70. The van der Waals surface area contributed by atoms with Crippen molar-refractivity contribution < 1.29 is 22.2 Å². The standard InChI is InChI=1S/C13H17NO4S/c1-10-5-7-12(8-6-10)19(17,18)14(13(15)16)9-3-4-11(14)2/h5-8,11H,3-4,9H2,1-2H3/p+1/t11-,14?/m1/s1. The minimum absolute atomic E-state index is 0.0780. The molecule has 1 aromatic rings. The van der Waals surface area contributed by atoms with E-state index in [-0.39, 0.29) is 11.4 Å². The second kappa shape index (κ2) is 4.61. The Morgan fingerprint density at radius 2 is 1.89 bits per heavy atom. The van der Waals surface area contributed by atoms with Crippen LogP contribution in [0.15, 0.2) is 29.2 Å². The van der Waals surface area contributed by atoms with E-state index in [1.807, 2.05) is 6.92 Å². The predicted octanol–water partition coefficient (Wildman–Crippen LogP) is 2.36. The summed E-state index contributed by atoms with van der Waals surface area (Å²) in [6.45, 7) is 3.68. The molecule has 1 aliphatic rings. The van der Waals surface area contributed by atoms with Crippen LogP contribution in [-0.2, 0) is 10.0 Å². The normalized spacial score (nSPS) is 27.4. The first-order chi connectivity index (χ1) is 8.82. The smallest absolute Gasteiger partial charge is 0.435 e. The Morgan fingerprint density at radius 1 is 1.32 bits per heavy atom. The highest BCUT2D eigenvalue weighted by atomic mass is 32.2. The number of nitrogens with zero attached hydrogens (tertiary/aromatic N) is 1. The van der Waals surface area contributed by atoms with Crippen LogP contribution in [0.2, 0.25) is 0 Å². The van der Waals surface area contributed by atoms with Crippen LogP contribution in [0.4, 0.5) is 4.79 Å². The summed E-state index contributed by atoms with van der Waals surface area (Å²) in [5.74, 6) is 0. The Kier molecular flexibility index (Phi) is 3.40. The number of benzene rings is 1. The third-order valence-corrected chi connectivity index (χ3v) is 6.32. The van der Waals surface area contributed by atoms with E-state index in [9.17, 15) is 18.3 Å². The number of sulfonamides is 1. The Balaban J connectivity index is 2.59. The molecule has 1 amide bonds. The van der Waals surface area contributed by atoms with Crippen molar-refractivity contribution in [3.63, 3.8) is 0 Å². The summed E-state index contributed by atoms with van der Waals surface area (Å²) in [5, 5.41) is 9.48. The van der Waals surface area contributed by atoms with Gasteiger partial charge in [-0.3, -0.25) is 0 Å². The molecule has 1 N–H and O–H groups in total. The Bertz CT molecular complexity index is 594. The van der Waals surface area contributed by atoms with Crippen LogP contribution in [0.25, 0.3) is 0 Å². The van der Waals surface area contributed by atoms with Crippen LogP contribution < -0.4 is 0 Å². The lowest BCUT2D eigenvalue weighted by Gasteiger charge is -2.30. The molecule has 0 radical (unpaired) electrons. The number of aryl methyl sites for hydroxylation is 1. The van der Waals surface area contributed by atoms with Gasteiger partial charge in [0.1, 0.15) is 17.5 Å². The molecular weight excluding hydrogens is 266 g/mol. The number of hydrogen-bond acceptors (Lipinski definition) is 3. The molecule has 1 fully saturated rings. The zero-order chi connectivity index (χ0) is 14.3. The van der Waals surface area contributed by atoms with Crippen LogP contribution in [0.5, 0.6) is 0 Å². The Labute approximate surface area is 113 Å². The molecule has 1 aliphatic heterocycles. The average Bonchev–Trinajstić information content (AvgIpc) is 2.73. The molecule has 2 atom stereocenters. The van der Waals surface area contributed by atoms with E-state index in [0.717, 1.165) is 5.56 Å². The van der Waals surface area contributed by atoms with Crippen molar-refractivity contribution >= 4 is 16.1 Å². The molecule has 1 saturated heterocycles. The molecule has 5 nitrogen and oxygen atoms in total. The van der Waals surface area contributed by atoms with E-state index in [2.05, 4.69) is 0 Å². The van der Waals surface area contributed by atoms with Crippen molar-refractivity contribution in [1.29, 1.82) is 0 Å². The fourth-order valence-electron chi connectivity index (χ4n) is 2.69. The van der Waals surface area contributed by atoms with Gasteiger partial charge in [-0.25, -0.2) is 0 Å². The summed E-state index contributed by atoms with van der Waals surface area (Å²) in [6.07, 6.45) is -0.0683. The summed E-state index contributed by atoms with van der Waals surface area (Å²) in [4.78, 5) is 11.7. The van der Waals surface area contributed by atoms with E-state index in [1.165, 1.54) is 12.1 Å². The van der Waals surface area contributed by atoms with Gasteiger partial charge in [-0.2, -0.15) is 13.2 Å². The lowest BCUT2D eigenvalue weighted by molar-refractivity contribution is -0.741. The maximum Gasteiger partial charge on any atom is 0.529 e. The zero-order valence-corrected chi connectivity index (χ0v) is 11.9. The second-order valence-corrected chi connectivity index (χ2v) is 7.15. The molecule has 104 valence electrons. The minimum Gasteiger partial charge on any atom is -0.435 e. The van der Waals surface area contributed by atoms with Gasteiger partial charge in [0.05, 0.1) is 0 Å². The lowest BCUT2D eigenvalue weighted by Crippen LogP contribution is -2.58. The van der Waals surface area contributed by atoms with Crippen molar-refractivity contribution in [3.8, 4) is 0 Å². The highest BCUT2D eigenvalue weighted by molar-refractivity contribution is 7.86. The summed E-state index contributed by atoms with van der Waals surface area (Å²) in [7, 11) is -3.93. The topological polar surface area (TPSA) is 71.4 Å². The first kappa shape index (κ1) is 14.0. The molecule has 0 aliphatic carbocycles. The van der Waals surface area contributed by atoms with Gasteiger partial charge in [0.2, 0.25) is 0 Å². The molecular formula is C13H18NO4S+. The van der Waals surface area contributed by atoms with Crippen LogP contribution in [-0.4, -0.2) is 36.1 Å². The molecule has 0 bridgehead atoms. The van der Waals surface area contributed by atoms with Crippen LogP contribution in [0, 0.1) is 6.92 Å².